The van der Waals surface area contributed by atoms with Crippen molar-refractivity contribution in [2.75, 3.05) is 5.32 Å². The van der Waals surface area contributed by atoms with Gasteiger partial charge in [0.1, 0.15) is 23.6 Å². The highest BCUT2D eigenvalue weighted by molar-refractivity contribution is 6.11. The molecule has 5 nitrogen and oxygen atoms in total. The number of anilines is 1. The number of aliphatic hydroxyl groups excluding tert-OH is 1. The van der Waals surface area contributed by atoms with Crippen molar-refractivity contribution in [1.29, 1.82) is 0 Å². The number of benzene rings is 1. The summed E-state index contributed by atoms with van der Waals surface area (Å²) in [5.41, 5.74) is 1.40. The van der Waals surface area contributed by atoms with E-state index in [1.165, 1.54) is 18.5 Å². The summed E-state index contributed by atoms with van der Waals surface area (Å²) >= 11 is 0. The van der Waals surface area contributed by atoms with E-state index >= 15 is 0 Å². The van der Waals surface area contributed by atoms with Crippen molar-refractivity contribution in [2.24, 2.45) is 0 Å². The quantitative estimate of drug-likeness (QED) is 0.677. The highest BCUT2D eigenvalue weighted by Gasteiger charge is 2.24. The Morgan fingerprint density at radius 1 is 1.29 bits per heavy atom. The van der Waals surface area contributed by atoms with E-state index in [1.54, 1.807) is 6.07 Å². The molecule has 0 aliphatic heterocycles. The highest BCUT2D eigenvalue weighted by Crippen LogP contribution is 2.31. The molecule has 0 bridgehead atoms. The Balaban J connectivity index is 1.83. The number of aromatic nitrogens is 3. The fraction of sp³-hybridized carbons (Fsp3) is 0.333. The Bertz CT molecular complexity index is 816. The number of aromatic amines is 1. The Morgan fingerprint density at radius 2 is 2.19 bits per heavy atom. The van der Waals surface area contributed by atoms with Crippen LogP contribution in [0.5, 0.6) is 0 Å². The first-order valence-corrected chi connectivity index (χ1v) is 7.07. The highest BCUT2D eigenvalue weighted by atomic mass is 19.1. The smallest absolute Gasteiger partial charge is 0.143 e. The van der Waals surface area contributed by atoms with E-state index in [4.69, 9.17) is 0 Å². The zero-order chi connectivity index (χ0) is 14.4. The van der Waals surface area contributed by atoms with Gasteiger partial charge in [0.25, 0.3) is 0 Å². The maximum atomic E-state index is 13.3. The lowest BCUT2D eigenvalue weighted by Crippen LogP contribution is -2.17. The minimum Gasteiger partial charge on any atom is -0.393 e. The molecule has 1 aliphatic carbocycles. The molecular formula is C15H15FN4O. The maximum Gasteiger partial charge on any atom is 0.143 e. The van der Waals surface area contributed by atoms with Gasteiger partial charge in [0.15, 0.2) is 0 Å². The van der Waals surface area contributed by atoms with Crippen LogP contribution in [0, 0.1) is 5.82 Å². The van der Waals surface area contributed by atoms with E-state index in [1.807, 2.05) is 0 Å². The van der Waals surface area contributed by atoms with E-state index in [0.29, 0.717) is 11.2 Å². The van der Waals surface area contributed by atoms with Crippen LogP contribution in [0.25, 0.3) is 21.9 Å². The third-order valence-electron chi connectivity index (χ3n) is 4.10. The molecule has 6 heteroatoms. The van der Waals surface area contributed by atoms with E-state index in [2.05, 4.69) is 20.3 Å². The van der Waals surface area contributed by atoms with Crippen molar-refractivity contribution in [1.82, 2.24) is 15.0 Å². The summed E-state index contributed by atoms with van der Waals surface area (Å²) in [6.07, 6.45) is 3.70. The average Bonchev–Trinajstić information content (AvgIpc) is 3.02. The van der Waals surface area contributed by atoms with Gasteiger partial charge in [-0.3, -0.25) is 0 Å². The number of hydrogen-bond acceptors (Lipinski definition) is 4. The molecule has 3 aromatic rings. The summed E-state index contributed by atoms with van der Waals surface area (Å²) in [5, 5.41) is 14.8. The fourth-order valence-electron chi connectivity index (χ4n) is 3.09. The number of rotatable bonds is 2. The van der Waals surface area contributed by atoms with Crippen LogP contribution in [0.1, 0.15) is 19.3 Å². The van der Waals surface area contributed by atoms with Gasteiger partial charge in [0, 0.05) is 11.4 Å². The Hall–Kier alpha value is -2.21. The molecule has 4 rings (SSSR count). The molecule has 2 heterocycles. The van der Waals surface area contributed by atoms with Crippen molar-refractivity contribution < 1.29 is 9.50 Å². The van der Waals surface area contributed by atoms with Crippen molar-refractivity contribution in [3.63, 3.8) is 0 Å². The van der Waals surface area contributed by atoms with E-state index < -0.39 is 0 Å². The average molecular weight is 286 g/mol. The molecule has 0 amide bonds. The van der Waals surface area contributed by atoms with Crippen LogP contribution < -0.4 is 5.32 Å². The second-order valence-corrected chi connectivity index (χ2v) is 5.57. The van der Waals surface area contributed by atoms with Crippen LogP contribution in [0.4, 0.5) is 10.2 Å². The van der Waals surface area contributed by atoms with Gasteiger partial charge in [-0.15, -0.1) is 0 Å². The van der Waals surface area contributed by atoms with Crippen LogP contribution in [-0.2, 0) is 0 Å². The van der Waals surface area contributed by atoms with Gasteiger partial charge in [0.05, 0.1) is 17.0 Å². The van der Waals surface area contributed by atoms with Gasteiger partial charge in [-0.2, -0.15) is 0 Å². The first-order valence-electron chi connectivity index (χ1n) is 7.07. The number of H-pyrrole nitrogens is 1. The molecule has 2 aromatic heterocycles. The van der Waals surface area contributed by atoms with Gasteiger partial charge in [-0.1, -0.05) is 0 Å². The van der Waals surface area contributed by atoms with Crippen LogP contribution in [-0.4, -0.2) is 32.2 Å². The number of hydrogen-bond donors (Lipinski definition) is 3. The number of aliphatic hydroxyl groups is 1. The molecular weight excluding hydrogens is 271 g/mol. The Kier molecular flexibility index (Phi) is 2.78. The van der Waals surface area contributed by atoms with E-state index in [9.17, 15) is 9.50 Å². The summed E-state index contributed by atoms with van der Waals surface area (Å²) < 4.78 is 13.3. The van der Waals surface area contributed by atoms with Crippen molar-refractivity contribution >= 4 is 27.8 Å². The molecule has 21 heavy (non-hydrogen) atoms. The lowest BCUT2D eigenvalue weighted by Gasteiger charge is -2.13. The molecule has 1 saturated carbocycles. The lowest BCUT2D eigenvalue weighted by atomic mass is 10.2. The largest absolute Gasteiger partial charge is 0.393 e. The monoisotopic (exact) mass is 286 g/mol. The van der Waals surface area contributed by atoms with Crippen LogP contribution in [0.15, 0.2) is 24.5 Å². The summed E-state index contributed by atoms with van der Waals surface area (Å²) in [4.78, 5) is 11.7. The minimum absolute atomic E-state index is 0.212. The van der Waals surface area contributed by atoms with Crippen molar-refractivity contribution in [3.05, 3.63) is 30.3 Å². The first kappa shape index (κ1) is 12.5. The van der Waals surface area contributed by atoms with E-state index in [0.717, 1.165) is 35.9 Å². The molecule has 1 aromatic carbocycles. The van der Waals surface area contributed by atoms with Gasteiger partial charge >= 0.3 is 0 Å². The van der Waals surface area contributed by atoms with Crippen molar-refractivity contribution in [3.8, 4) is 0 Å². The van der Waals surface area contributed by atoms with E-state index in [-0.39, 0.29) is 18.0 Å². The number of nitrogens with zero attached hydrogens (tertiary/aromatic N) is 2. The lowest BCUT2D eigenvalue weighted by molar-refractivity contribution is 0.182. The number of fused-ring (bicyclic) bond motifs is 3. The summed E-state index contributed by atoms with van der Waals surface area (Å²) in [5.74, 6) is 0.451. The summed E-state index contributed by atoms with van der Waals surface area (Å²) in [6, 6.07) is 4.84. The minimum atomic E-state index is -0.282. The predicted octanol–water partition coefficient (Wildman–Crippen LogP) is 2.58. The zero-order valence-corrected chi connectivity index (χ0v) is 11.3. The normalized spacial score (nSPS) is 22.2. The van der Waals surface area contributed by atoms with Gasteiger partial charge in [-0.25, -0.2) is 14.4 Å². The summed E-state index contributed by atoms with van der Waals surface area (Å²) in [7, 11) is 0. The molecule has 0 spiro atoms. The zero-order valence-electron chi connectivity index (χ0n) is 11.3. The van der Waals surface area contributed by atoms with Crippen molar-refractivity contribution in [2.45, 2.75) is 31.4 Å². The predicted molar refractivity (Wildman–Crippen MR) is 78.6 cm³/mol. The van der Waals surface area contributed by atoms with Crippen LogP contribution in [0.3, 0.4) is 0 Å². The Labute approximate surface area is 120 Å². The Morgan fingerprint density at radius 3 is 3.00 bits per heavy atom. The SMILES string of the molecule is O[C@@H]1CC[C@H](Nc2ncnc3[nH]c4cc(F)ccc4c23)C1. The third-order valence-corrected chi connectivity index (χ3v) is 4.10. The molecule has 0 saturated heterocycles. The fourth-order valence-corrected chi connectivity index (χ4v) is 3.09. The third kappa shape index (κ3) is 2.12. The first-order chi connectivity index (χ1) is 10.2. The standard InChI is InChI=1S/C15H15FN4O/c16-8-1-4-11-12(5-8)20-15-13(11)14(17-7-18-15)19-9-2-3-10(21)6-9/h1,4-5,7,9-10,21H,2-3,6H2,(H2,17,18,19,20)/t9-,10+/m0/s1. The molecule has 1 aliphatic rings. The molecule has 3 N–H and O–H groups in total. The number of halogens is 1. The molecule has 2 atom stereocenters. The molecule has 108 valence electrons. The maximum absolute atomic E-state index is 13.3. The molecule has 0 radical (unpaired) electrons. The van der Waals surface area contributed by atoms with Gasteiger partial charge < -0.3 is 15.4 Å². The summed E-state index contributed by atoms with van der Waals surface area (Å²) in [6.45, 7) is 0. The number of nitrogens with one attached hydrogen (secondary N) is 2. The van der Waals surface area contributed by atoms with Gasteiger partial charge in [-0.05, 0) is 37.5 Å². The van der Waals surface area contributed by atoms with Crippen LogP contribution in [0.2, 0.25) is 0 Å². The van der Waals surface area contributed by atoms with Crippen LogP contribution >= 0.6 is 0 Å². The second-order valence-electron chi connectivity index (χ2n) is 5.57. The van der Waals surface area contributed by atoms with Gasteiger partial charge in [0.2, 0.25) is 0 Å². The molecule has 1 fully saturated rings. The topological polar surface area (TPSA) is 73.8 Å². The molecule has 0 unspecified atom stereocenters. The second kappa shape index (κ2) is 4.66.